The zero-order valence-corrected chi connectivity index (χ0v) is 19.5. The SMILES string of the molecule is c1cc(C2=NCCN2)ccc1OCCCCCCCCCOc1ccc(C2=NCCN2)cc1. The lowest BCUT2D eigenvalue weighted by atomic mass is 10.1. The Morgan fingerprint density at radius 1 is 0.545 bits per heavy atom. The molecule has 2 aromatic rings. The minimum Gasteiger partial charge on any atom is -0.494 e. The van der Waals surface area contributed by atoms with E-state index in [-0.39, 0.29) is 0 Å². The van der Waals surface area contributed by atoms with Crippen molar-refractivity contribution >= 4 is 11.7 Å². The van der Waals surface area contributed by atoms with Crippen molar-refractivity contribution in [1.82, 2.24) is 10.6 Å². The molecular weight excluding hydrogens is 412 g/mol. The van der Waals surface area contributed by atoms with Gasteiger partial charge in [0, 0.05) is 24.2 Å². The number of amidine groups is 2. The van der Waals surface area contributed by atoms with Crippen LogP contribution in [0.1, 0.15) is 56.1 Å². The Balaban J connectivity index is 0.971. The van der Waals surface area contributed by atoms with Gasteiger partial charge in [-0.05, 0) is 61.4 Å². The number of nitrogens with one attached hydrogen (secondary N) is 2. The van der Waals surface area contributed by atoms with E-state index in [9.17, 15) is 0 Å². The van der Waals surface area contributed by atoms with Gasteiger partial charge >= 0.3 is 0 Å². The molecule has 6 nitrogen and oxygen atoms in total. The summed E-state index contributed by atoms with van der Waals surface area (Å²) in [4.78, 5) is 8.89. The molecule has 0 spiro atoms. The minimum absolute atomic E-state index is 0.786. The van der Waals surface area contributed by atoms with Crippen LogP contribution >= 0.6 is 0 Å². The van der Waals surface area contributed by atoms with E-state index in [1.54, 1.807) is 0 Å². The normalized spacial score (nSPS) is 14.9. The first-order valence-corrected chi connectivity index (χ1v) is 12.4. The third-order valence-corrected chi connectivity index (χ3v) is 5.93. The second-order valence-electron chi connectivity index (χ2n) is 8.53. The highest BCUT2D eigenvalue weighted by Crippen LogP contribution is 2.16. The Labute approximate surface area is 197 Å². The van der Waals surface area contributed by atoms with Crippen LogP contribution in [-0.4, -0.2) is 51.1 Å². The second kappa shape index (κ2) is 12.9. The first-order chi connectivity index (χ1) is 16.4. The molecule has 0 amide bonds. The fourth-order valence-electron chi connectivity index (χ4n) is 4.07. The maximum absolute atomic E-state index is 5.87. The van der Waals surface area contributed by atoms with Gasteiger partial charge in [-0.15, -0.1) is 0 Å². The van der Waals surface area contributed by atoms with Crippen molar-refractivity contribution in [2.24, 2.45) is 9.98 Å². The number of hydrogen-bond donors (Lipinski definition) is 2. The van der Waals surface area contributed by atoms with E-state index in [4.69, 9.17) is 9.47 Å². The summed E-state index contributed by atoms with van der Waals surface area (Å²) in [6.07, 6.45) is 8.49. The van der Waals surface area contributed by atoms with Gasteiger partial charge < -0.3 is 20.1 Å². The molecule has 0 fully saturated rings. The number of ether oxygens (including phenoxy) is 2. The van der Waals surface area contributed by atoms with Crippen LogP contribution in [0, 0.1) is 0 Å². The summed E-state index contributed by atoms with van der Waals surface area (Å²) < 4.78 is 11.7. The monoisotopic (exact) mass is 448 g/mol. The lowest BCUT2D eigenvalue weighted by Crippen LogP contribution is -2.19. The first kappa shape index (κ1) is 23.1. The summed E-state index contributed by atoms with van der Waals surface area (Å²) in [5.41, 5.74) is 2.27. The number of hydrogen-bond acceptors (Lipinski definition) is 6. The van der Waals surface area contributed by atoms with Crippen molar-refractivity contribution in [3.8, 4) is 11.5 Å². The largest absolute Gasteiger partial charge is 0.494 e. The Kier molecular flexibility index (Phi) is 9.03. The van der Waals surface area contributed by atoms with Crippen molar-refractivity contribution < 1.29 is 9.47 Å². The van der Waals surface area contributed by atoms with Gasteiger partial charge in [-0.3, -0.25) is 9.98 Å². The Morgan fingerprint density at radius 2 is 0.939 bits per heavy atom. The molecule has 0 saturated heterocycles. The topological polar surface area (TPSA) is 67.2 Å². The van der Waals surface area contributed by atoms with E-state index in [2.05, 4.69) is 44.9 Å². The van der Waals surface area contributed by atoms with Crippen LogP contribution in [0.2, 0.25) is 0 Å². The Hall–Kier alpha value is -3.02. The van der Waals surface area contributed by atoms with Gasteiger partial charge in [0.1, 0.15) is 23.2 Å². The molecule has 2 heterocycles. The third-order valence-electron chi connectivity index (χ3n) is 5.93. The number of rotatable bonds is 14. The summed E-state index contributed by atoms with van der Waals surface area (Å²) in [7, 11) is 0. The van der Waals surface area contributed by atoms with E-state index in [1.807, 2.05) is 24.3 Å². The van der Waals surface area contributed by atoms with E-state index in [0.29, 0.717) is 0 Å². The van der Waals surface area contributed by atoms with Crippen LogP contribution in [0.3, 0.4) is 0 Å². The van der Waals surface area contributed by atoms with Crippen molar-refractivity contribution in [2.75, 3.05) is 39.4 Å². The molecule has 2 aliphatic heterocycles. The molecule has 0 radical (unpaired) electrons. The predicted octanol–water partition coefficient (Wildman–Crippen LogP) is 4.57. The average Bonchev–Trinajstić information content (AvgIpc) is 3.58. The van der Waals surface area contributed by atoms with Crippen molar-refractivity contribution in [3.63, 3.8) is 0 Å². The van der Waals surface area contributed by atoms with Crippen LogP contribution in [-0.2, 0) is 0 Å². The minimum atomic E-state index is 0.786. The zero-order valence-electron chi connectivity index (χ0n) is 19.5. The molecule has 0 bridgehead atoms. The molecule has 6 heteroatoms. The summed E-state index contributed by atoms with van der Waals surface area (Å²) in [5, 5.41) is 6.59. The van der Waals surface area contributed by atoms with Crippen molar-refractivity contribution in [2.45, 2.75) is 44.9 Å². The lowest BCUT2D eigenvalue weighted by Gasteiger charge is -2.08. The smallest absolute Gasteiger partial charge is 0.128 e. The van der Waals surface area contributed by atoms with Crippen LogP contribution in [0.15, 0.2) is 58.5 Å². The molecular formula is C27H36N4O2. The third kappa shape index (κ3) is 7.52. The fourth-order valence-corrected chi connectivity index (χ4v) is 4.07. The number of nitrogens with zero attached hydrogens (tertiary/aromatic N) is 2. The van der Waals surface area contributed by atoms with Gasteiger partial charge in [-0.2, -0.15) is 0 Å². The number of unbranched alkanes of at least 4 members (excludes halogenated alkanes) is 6. The summed E-state index contributed by atoms with van der Waals surface area (Å²) in [6, 6.07) is 16.5. The van der Waals surface area contributed by atoms with Gasteiger partial charge in [-0.25, -0.2) is 0 Å². The molecule has 176 valence electrons. The van der Waals surface area contributed by atoms with Crippen molar-refractivity contribution in [1.29, 1.82) is 0 Å². The lowest BCUT2D eigenvalue weighted by molar-refractivity contribution is 0.299. The molecule has 33 heavy (non-hydrogen) atoms. The first-order valence-electron chi connectivity index (χ1n) is 12.4. The summed E-state index contributed by atoms with van der Waals surface area (Å²) >= 11 is 0. The molecule has 0 unspecified atom stereocenters. The Bertz CT molecular complexity index is 831. The molecule has 0 aliphatic carbocycles. The van der Waals surface area contributed by atoms with Gasteiger partial charge in [0.15, 0.2) is 0 Å². The van der Waals surface area contributed by atoms with E-state index in [0.717, 1.165) is 86.5 Å². The van der Waals surface area contributed by atoms with Gasteiger partial charge in [0.25, 0.3) is 0 Å². The molecule has 2 aliphatic rings. The molecule has 0 saturated carbocycles. The molecule has 4 rings (SSSR count). The number of benzene rings is 2. The highest BCUT2D eigenvalue weighted by Gasteiger charge is 2.08. The zero-order chi connectivity index (χ0) is 22.6. The average molecular weight is 449 g/mol. The molecule has 2 N–H and O–H groups in total. The maximum atomic E-state index is 5.87. The van der Waals surface area contributed by atoms with E-state index in [1.165, 1.54) is 32.1 Å². The van der Waals surface area contributed by atoms with Crippen molar-refractivity contribution in [3.05, 3.63) is 59.7 Å². The van der Waals surface area contributed by atoms with Gasteiger partial charge in [-0.1, -0.05) is 32.1 Å². The quantitative estimate of drug-likeness (QED) is 0.415. The Morgan fingerprint density at radius 3 is 1.30 bits per heavy atom. The second-order valence-corrected chi connectivity index (χ2v) is 8.53. The van der Waals surface area contributed by atoms with E-state index < -0.39 is 0 Å². The summed E-state index contributed by atoms with van der Waals surface area (Å²) in [5.74, 6) is 3.87. The maximum Gasteiger partial charge on any atom is 0.128 e. The number of aliphatic imine (C=N–C) groups is 2. The molecule has 0 aromatic heterocycles. The highest BCUT2D eigenvalue weighted by atomic mass is 16.5. The van der Waals surface area contributed by atoms with Crippen LogP contribution in [0.25, 0.3) is 0 Å². The van der Waals surface area contributed by atoms with Crippen LogP contribution in [0.5, 0.6) is 11.5 Å². The van der Waals surface area contributed by atoms with Crippen LogP contribution < -0.4 is 20.1 Å². The molecule has 0 atom stereocenters. The summed E-state index contributed by atoms with van der Waals surface area (Å²) in [6.45, 7) is 5.18. The van der Waals surface area contributed by atoms with Gasteiger partial charge in [0.05, 0.1) is 26.3 Å². The highest BCUT2D eigenvalue weighted by molar-refractivity contribution is 6.00. The predicted molar refractivity (Wildman–Crippen MR) is 135 cm³/mol. The van der Waals surface area contributed by atoms with Crippen LogP contribution in [0.4, 0.5) is 0 Å². The van der Waals surface area contributed by atoms with Gasteiger partial charge in [0.2, 0.25) is 0 Å². The van der Waals surface area contributed by atoms with E-state index >= 15 is 0 Å². The molecule has 2 aromatic carbocycles. The standard InChI is InChI=1S/C27H36N4O2/c1(2-4-6-20-32-24-12-8-22(9-13-24)26-28-16-17-29-26)3-5-7-21-33-25-14-10-23(11-15-25)27-30-18-19-31-27/h8-15H,1-7,16-21H2,(H,28,29)(H,30,31). The fraction of sp³-hybridized carbons (Fsp3) is 0.481.